The first-order valence-electron chi connectivity index (χ1n) is 8.09. The molecule has 22 heavy (non-hydrogen) atoms. The minimum atomic E-state index is 0.115. The third kappa shape index (κ3) is 2.85. The Kier molecular flexibility index (Phi) is 3.80. The predicted octanol–water partition coefficient (Wildman–Crippen LogP) is 2.76. The van der Waals surface area contributed by atoms with E-state index in [0.717, 1.165) is 27.2 Å². The summed E-state index contributed by atoms with van der Waals surface area (Å²) < 4.78 is 0.852. The number of thioether (sulfide) groups is 1. The molecule has 1 aromatic heterocycles. The van der Waals surface area contributed by atoms with E-state index in [1.54, 1.807) is 0 Å². The maximum absolute atomic E-state index is 12.4. The predicted molar refractivity (Wildman–Crippen MR) is 89.2 cm³/mol. The first-order chi connectivity index (χ1) is 10.6. The van der Waals surface area contributed by atoms with Crippen molar-refractivity contribution in [1.82, 2.24) is 15.5 Å². The van der Waals surface area contributed by atoms with Crippen LogP contribution in [-0.2, 0) is 4.79 Å². The highest BCUT2D eigenvalue weighted by Crippen LogP contribution is 2.55. The molecular weight excluding hydrogens is 316 g/mol. The van der Waals surface area contributed by atoms with Crippen molar-refractivity contribution in [3.63, 3.8) is 0 Å². The summed E-state index contributed by atoms with van der Waals surface area (Å²) in [5, 5.41) is 15.2. The quantitative estimate of drug-likeness (QED) is 0.808. The van der Waals surface area contributed by atoms with Gasteiger partial charge in [-0.3, -0.25) is 4.79 Å². The molecule has 0 spiro atoms. The van der Waals surface area contributed by atoms with Crippen LogP contribution in [0.5, 0.6) is 0 Å². The summed E-state index contributed by atoms with van der Waals surface area (Å²) in [6, 6.07) is 0. The topological polar surface area (TPSA) is 66.9 Å². The number of nitrogens with zero attached hydrogens (tertiary/aromatic N) is 2. The maximum atomic E-state index is 12.4. The Balaban J connectivity index is 1.34. The van der Waals surface area contributed by atoms with Gasteiger partial charge in [-0.05, 0) is 56.3 Å². The Morgan fingerprint density at radius 3 is 2.41 bits per heavy atom. The molecule has 7 heteroatoms. The van der Waals surface area contributed by atoms with Crippen LogP contribution >= 0.6 is 23.1 Å². The normalized spacial score (nSPS) is 35.6. The molecule has 0 atom stereocenters. The number of rotatable bonds is 5. The Morgan fingerprint density at radius 1 is 1.23 bits per heavy atom. The van der Waals surface area contributed by atoms with Gasteiger partial charge < -0.3 is 10.6 Å². The summed E-state index contributed by atoms with van der Waals surface area (Å²) >= 11 is 2.98. The maximum Gasteiger partial charge on any atom is 0.230 e. The number of carbonyl (C=O) groups excluding carboxylic acids is 1. The molecule has 4 fully saturated rings. The van der Waals surface area contributed by atoms with Gasteiger partial charge in [0.05, 0.1) is 5.75 Å². The van der Waals surface area contributed by atoms with Gasteiger partial charge in [0, 0.05) is 12.6 Å². The van der Waals surface area contributed by atoms with Crippen LogP contribution in [-0.4, -0.2) is 34.4 Å². The fraction of sp³-hybridized carbons (Fsp3) is 0.800. The third-order valence-electron chi connectivity index (χ3n) is 5.39. The summed E-state index contributed by atoms with van der Waals surface area (Å²) in [4.78, 5) is 12.4. The zero-order valence-electron chi connectivity index (χ0n) is 12.8. The minimum absolute atomic E-state index is 0.115. The third-order valence-corrected chi connectivity index (χ3v) is 7.46. The largest absolute Gasteiger partial charge is 0.363 e. The standard InChI is InChI=1S/C15H22N4OS2/c1-16-13-18-19-14(22-13)21-8-12(20)17-15-5-9-2-10(6-15)4-11(3-9)7-15/h9-11H,2-8H2,1H3,(H,16,18)(H,17,20). The summed E-state index contributed by atoms with van der Waals surface area (Å²) in [5.41, 5.74) is 0.115. The molecule has 5 rings (SSSR count). The van der Waals surface area contributed by atoms with E-state index in [-0.39, 0.29) is 11.4 Å². The van der Waals surface area contributed by atoms with Gasteiger partial charge in [-0.1, -0.05) is 23.1 Å². The molecule has 4 aliphatic carbocycles. The van der Waals surface area contributed by atoms with E-state index in [9.17, 15) is 4.79 Å². The molecule has 1 amide bonds. The molecule has 0 radical (unpaired) electrons. The van der Waals surface area contributed by atoms with Gasteiger partial charge in [0.25, 0.3) is 0 Å². The van der Waals surface area contributed by atoms with E-state index in [2.05, 4.69) is 20.8 Å². The molecule has 4 saturated carbocycles. The average Bonchev–Trinajstić information content (AvgIpc) is 2.91. The molecule has 0 aromatic carbocycles. The number of anilines is 1. The van der Waals surface area contributed by atoms with Gasteiger partial charge in [-0.2, -0.15) is 0 Å². The van der Waals surface area contributed by atoms with Crippen molar-refractivity contribution in [3.05, 3.63) is 0 Å². The molecule has 0 unspecified atom stereocenters. The Labute approximate surface area is 139 Å². The summed E-state index contributed by atoms with van der Waals surface area (Å²) in [7, 11) is 1.83. The summed E-state index contributed by atoms with van der Waals surface area (Å²) in [6.07, 6.45) is 7.83. The lowest BCUT2D eigenvalue weighted by atomic mass is 9.53. The van der Waals surface area contributed by atoms with Crippen molar-refractivity contribution in [2.75, 3.05) is 18.1 Å². The molecule has 4 bridgehead atoms. The van der Waals surface area contributed by atoms with Crippen molar-refractivity contribution >= 4 is 34.1 Å². The van der Waals surface area contributed by atoms with Crippen LogP contribution in [0.2, 0.25) is 0 Å². The number of nitrogens with one attached hydrogen (secondary N) is 2. The van der Waals surface area contributed by atoms with E-state index in [1.807, 2.05) is 7.05 Å². The second-order valence-corrected chi connectivity index (χ2v) is 9.36. The van der Waals surface area contributed by atoms with E-state index in [0.29, 0.717) is 5.75 Å². The highest BCUT2D eigenvalue weighted by atomic mass is 32.2. The number of hydrogen-bond donors (Lipinski definition) is 2. The average molecular weight is 339 g/mol. The smallest absolute Gasteiger partial charge is 0.230 e. The Morgan fingerprint density at radius 2 is 1.86 bits per heavy atom. The first-order valence-corrected chi connectivity index (χ1v) is 9.89. The van der Waals surface area contributed by atoms with Crippen molar-refractivity contribution < 1.29 is 4.79 Å². The minimum Gasteiger partial charge on any atom is -0.363 e. The van der Waals surface area contributed by atoms with Crippen LogP contribution < -0.4 is 10.6 Å². The Bertz CT molecular complexity index is 538. The van der Waals surface area contributed by atoms with Gasteiger partial charge in [0.15, 0.2) is 4.34 Å². The van der Waals surface area contributed by atoms with E-state index >= 15 is 0 Å². The van der Waals surface area contributed by atoms with Gasteiger partial charge >= 0.3 is 0 Å². The first kappa shape index (κ1) is 14.8. The van der Waals surface area contributed by atoms with Crippen LogP contribution in [0.1, 0.15) is 38.5 Å². The van der Waals surface area contributed by atoms with Gasteiger partial charge in [-0.25, -0.2) is 0 Å². The van der Waals surface area contributed by atoms with Crippen molar-refractivity contribution in [3.8, 4) is 0 Å². The molecular formula is C15H22N4OS2. The van der Waals surface area contributed by atoms with Gasteiger partial charge in [0.1, 0.15) is 0 Å². The second-order valence-electron chi connectivity index (χ2n) is 7.16. The van der Waals surface area contributed by atoms with E-state index in [1.165, 1.54) is 61.6 Å². The van der Waals surface area contributed by atoms with Gasteiger partial charge in [-0.15, -0.1) is 10.2 Å². The molecule has 1 aromatic rings. The van der Waals surface area contributed by atoms with Crippen molar-refractivity contribution in [2.45, 2.75) is 48.4 Å². The zero-order chi connectivity index (χ0) is 15.2. The lowest BCUT2D eigenvalue weighted by Gasteiger charge is -2.56. The molecule has 0 aliphatic heterocycles. The van der Waals surface area contributed by atoms with Crippen LogP contribution in [0, 0.1) is 17.8 Å². The van der Waals surface area contributed by atoms with Gasteiger partial charge in [0.2, 0.25) is 11.0 Å². The molecule has 5 nitrogen and oxygen atoms in total. The zero-order valence-corrected chi connectivity index (χ0v) is 14.4. The van der Waals surface area contributed by atoms with Crippen LogP contribution in [0.4, 0.5) is 5.13 Å². The molecule has 0 saturated heterocycles. The summed E-state index contributed by atoms with van der Waals surface area (Å²) in [5.74, 6) is 3.19. The number of hydrogen-bond acceptors (Lipinski definition) is 6. The fourth-order valence-corrected chi connectivity index (χ4v) is 6.60. The number of carbonyl (C=O) groups is 1. The van der Waals surface area contributed by atoms with E-state index in [4.69, 9.17) is 0 Å². The van der Waals surface area contributed by atoms with Crippen molar-refractivity contribution in [2.24, 2.45) is 17.8 Å². The van der Waals surface area contributed by atoms with Crippen LogP contribution in [0.25, 0.3) is 0 Å². The number of aromatic nitrogens is 2. The molecule has 120 valence electrons. The van der Waals surface area contributed by atoms with E-state index < -0.39 is 0 Å². The Hall–Kier alpha value is -0.820. The lowest BCUT2D eigenvalue weighted by Crippen LogP contribution is -2.60. The molecule has 4 aliphatic rings. The van der Waals surface area contributed by atoms with Crippen molar-refractivity contribution in [1.29, 1.82) is 0 Å². The summed E-state index contributed by atoms with van der Waals surface area (Å²) in [6.45, 7) is 0. The highest BCUT2D eigenvalue weighted by molar-refractivity contribution is 8.01. The molecule has 2 N–H and O–H groups in total. The van der Waals surface area contributed by atoms with Crippen LogP contribution in [0.15, 0.2) is 4.34 Å². The fourth-order valence-electron chi connectivity index (χ4n) is 5.09. The lowest BCUT2D eigenvalue weighted by molar-refractivity contribution is -0.124. The number of amides is 1. The second kappa shape index (κ2) is 5.67. The molecule has 1 heterocycles. The monoisotopic (exact) mass is 338 g/mol. The highest BCUT2D eigenvalue weighted by Gasteiger charge is 2.51. The van der Waals surface area contributed by atoms with Crippen LogP contribution in [0.3, 0.4) is 0 Å². The SMILES string of the molecule is CNc1nnc(SCC(=O)NC23CC4CC(CC(C4)C2)C3)s1.